The molecule has 2 N–H and O–H groups in total. The molecule has 3 nitrogen and oxygen atoms in total. The maximum Gasteiger partial charge on any atom is 0.220 e. The second kappa shape index (κ2) is 4.10. The molecule has 0 bridgehead atoms. The van der Waals surface area contributed by atoms with E-state index in [1.165, 1.54) is 0 Å². The third-order valence-corrected chi connectivity index (χ3v) is 2.84. The first kappa shape index (κ1) is 10.9. The Kier molecular flexibility index (Phi) is 2.79. The van der Waals surface area contributed by atoms with Crippen molar-refractivity contribution in [2.45, 2.75) is 13.8 Å². The topological polar surface area (TPSA) is 51.8 Å². The highest BCUT2D eigenvalue weighted by atomic mass is 35.5. The number of aromatic nitrogens is 2. The average Bonchev–Trinajstić information content (AvgIpc) is 2.26. The molecule has 0 spiro atoms. The minimum atomic E-state index is 0.275. The zero-order valence-corrected chi connectivity index (χ0v) is 9.92. The summed E-state index contributed by atoms with van der Waals surface area (Å²) in [5, 5.41) is 0.731. The van der Waals surface area contributed by atoms with Gasteiger partial charge in [0, 0.05) is 16.8 Å². The Morgan fingerprint density at radius 2 is 1.94 bits per heavy atom. The van der Waals surface area contributed by atoms with Crippen molar-refractivity contribution in [1.29, 1.82) is 0 Å². The highest BCUT2D eigenvalue weighted by Crippen LogP contribution is 2.26. The van der Waals surface area contributed by atoms with Crippen molar-refractivity contribution >= 4 is 17.5 Å². The van der Waals surface area contributed by atoms with Gasteiger partial charge in [0.1, 0.15) is 0 Å². The van der Waals surface area contributed by atoms with E-state index in [0.29, 0.717) is 0 Å². The molecule has 0 saturated heterocycles. The van der Waals surface area contributed by atoms with E-state index in [9.17, 15) is 0 Å². The SMILES string of the molecule is Cc1ccc(-c2nc(N)ncc2C)cc1Cl. The summed E-state index contributed by atoms with van der Waals surface area (Å²) in [6, 6.07) is 5.84. The Morgan fingerprint density at radius 1 is 1.19 bits per heavy atom. The van der Waals surface area contributed by atoms with Crippen LogP contribution in [0.3, 0.4) is 0 Å². The summed E-state index contributed by atoms with van der Waals surface area (Å²) in [6.45, 7) is 3.91. The average molecular weight is 234 g/mol. The van der Waals surface area contributed by atoms with Crippen LogP contribution in [-0.4, -0.2) is 9.97 Å². The lowest BCUT2D eigenvalue weighted by molar-refractivity contribution is 1.15. The second-order valence-corrected chi connectivity index (χ2v) is 4.13. The molecule has 0 aliphatic rings. The summed E-state index contributed by atoms with van der Waals surface area (Å²) in [6.07, 6.45) is 1.71. The van der Waals surface area contributed by atoms with Gasteiger partial charge in [0.15, 0.2) is 0 Å². The largest absolute Gasteiger partial charge is 0.368 e. The van der Waals surface area contributed by atoms with E-state index in [2.05, 4.69) is 9.97 Å². The predicted octanol–water partition coefficient (Wildman–Crippen LogP) is 3.00. The van der Waals surface area contributed by atoms with E-state index >= 15 is 0 Å². The fourth-order valence-corrected chi connectivity index (χ4v) is 1.67. The van der Waals surface area contributed by atoms with Gasteiger partial charge >= 0.3 is 0 Å². The third kappa shape index (κ3) is 1.99. The van der Waals surface area contributed by atoms with Gasteiger partial charge in [-0.25, -0.2) is 9.97 Å². The lowest BCUT2D eigenvalue weighted by Gasteiger charge is -2.06. The molecule has 0 fully saturated rings. The van der Waals surface area contributed by atoms with Crippen LogP contribution in [0.5, 0.6) is 0 Å². The summed E-state index contributed by atoms with van der Waals surface area (Å²) in [5.74, 6) is 0.275. The zero-order valence-electron chi connectivity index (χ0n) is 9.16. The van der Waals surface area contributed by atoms with Gasteiger partial charge in [0.05, 0.1) is 5.69 Å². The Hall–Kier alpha value is -1.61. The Morgan fingerprint density at radius 3 is 2.62 bits per heavy atom. The van der Waals surface area contributed by atoms with Crippen molar-refractivity contribution in [3.8, 4) is 11.3 Å². The maximum atomic E-state index is 6.08. The Bertz CT molecular complexity index is 538. The number of nitrogens with zero attached hydrogens (tertiary/aromatic N) is 2. The minimum absolute atomic E-state index is 0.275. The molecule has 1 heterocycles. The van der Waals surface area contributed by atoms with Crippen molar-refractivity contribution in [2.75, 3.05) is 5.73 Å². The minimum Gasteiger partial charge on any atom is -0.368 e. The number of rotatable bonds is 1. The number of nitrogens with two attached hydrogens (primary N) is 1. The molecule has 1 aromatic carbocycles. The monoisotopic (exact) mass is 233 g/mol. The standard InChI is InChI=1S/C12H12ClN3/c1-7-3-4-9(5-10(7)13)11-8(2)6-15-12(14)16-11/h3-6H,1-2H3,(H2,14,15,16). The molecule has 0 atom stereocenters. The van der Waals surface area contributed by atoms with E-state index in [4.69, 9.17) is 17.3 Å². The summed E-state index contributed by atoms with van der Waals surface area (Å²) in [4.78, 5) is 8.16. The molecule has 0 unspecified atom stereocenters. The fourth-order valence-electron chi connectivity index (χ4n) is 1.49. The van der Waals surface area contributed by atoms with E-state index in [1.54, 1.807) is 6.20 Å². The normalized spacial score (nSPS) is 10.4. The quantitative estimate of drug-likeness (QED) is 0.824. The Labute approximate surface area is 99.3 Å². The number of aryl methyl sites for hydroxylation is 2. The summed E-state index contributed by atoms with van der Waals surface area (Å²) in [5.41, 5.74) is 9.39. The molecular weight excluding hydrogens is 222 g/mol. The van der Waals surface area contributed by atoms with Gasteiger partial charge in [-0.2, -0.15) is 0 Å². The Balaban J connectivity index is 2.58. The van der Waals surface area contributed by atoms with Crippen LogP contribution in [-0.2, 0) is 0 Å². The molecule has 0 amide bonds. The second-order valence-electron chi connectivity index (χ2n) is 3.72. The highest BCUT2D eigenvalue weighted by Gasteiger charge is 2.06. The molecule has 0 radical (unpaired) electrons. The van der Waals surface area contributed by atoms with Gasteiger partial charge < -0.3 is 5.73 Å². The van der Waals surface area contributed by atoms with Crippen LogP contribution in [0.25, 0.3) is 11.3 Å². The van der Waals surface area contributed by atoms with Crippen molar-refractivity contribution in [3.63, 3.8) is 0 Å². The molecule has 2 aromatic rings. The zero-order chi connectivity index (χ0) is 11.7. The third-order valence-electron chi connectivity index (χ3n) is 2.44. The summed E-state index contributed by atoms with van der Waals surface area (Å²) in [7, 11) is 0. The number of anilines is 1. The maximum absolute atomic E-state index is 6.08. The number of nitrogen functional groups attached to an aromatic ring is 1. The first-order valence-corrected chi connectivity index (χ1v) is 5.31. The lowest BCUT2D eigenvalue weighted by atomic mass is 10.1. The molecule has 2 rings (SSSR count). The van der Waals surface area contributed by atoms with Gasteiger partial charge in [-0.05, 0) is 31.0 Å². The van der Waals surface area contributed by atoms with Gasteiger partial charge in [0.2, 0.25) is 5.95 Å². The number of benzene rings is 1. The lowest BCUT2D eigenvalue weighted by Crippen LogP contribution is -1.98. The first-order valence-electron chi connectivity index (χ1n) is 4.93. The van der Waals surface area contributed by atoms with Crippen LogP contribution in [0.4, 0.5) is 5.95 Å². The van der Waals surface area contributed by atoms with E-state index in [-0.39, 0.29) is 5.95 Å². The summed E-state index contributed by atoms with van der Waals surface area (Å²) >= 11 is 6.08. The van der Waals surface area contributed by atoms with Crippen LogP contribution in [0.1, 0.15) is 11.1 Å². The molecule has 1 aromatic heterocycles. The van der Waals surface area contributed by atoms with Crippen molar-refractivity contribution < 1.29 is 0 Å². The van der Waals surface area contributed by atoms with Crippen LogP contribution in [0.2, 0.25) is 5.02 Å². The molecular formula is C12H12ClN3. The van der Waals surface area contributed by atoms with Crippen LogP contribution in [0.15, 0.2) is 24.4 Å². The number of hydrogen-bond donors (Lipinski definition) is 1. The molecule has 0 saturated carbocycles. The number of halogens is 1. The van der Waals surface area contributed by atoms with Crippen LogP contribution in [0, 0.1) is 13.8 Å². The van der Waals surface area contributed by atoms with Gasteiger partial charge in [-0.1, -0.05) is 23.7 Å². The van der Waals surface area contributed by atoms with Crippen LogP contribution >= 0.6 is 11.6 Å². The number of hydrogen-bond acceptors (Lipinski definition) is 3. The smallest absolute Gasteiger partial charge is 0.220 e. The van der Waals surface area contributed by atoms with Gasteiger partial charge in [-0.15, -0.1) is 0 Å². The molecule has 0 aliphatic carbocycles. The van der Waals surface area contributed by atoms with Crippen molar-refractivity contribution in [2.24, 2.45) is 0 Å². The molecule has 4 heteroatoms. The molecule has 16 heavy (non-hydrogen) atoms. The van der Waals surface area contributed by atoms with Crippen molar-refractivity contribution in [3.05, 3.63) is 40.5 Å². The van der Waals surface area contributed by atoms with Gasteiger partial charge in [0.25, 0.3) is 0 Å². The fraction of sp³-hybridized carbons (Fsp3) is 0.167. The van der Waals surface area contributed by atoms with Crippen LogP contribution < -0.4 is 5.73 Å². The van der Waals surface area contributed by atoms with E-state index < -0.39 is 0 Å². The van der Waals surface area contributed by atoms with E-state index in [1.807, 2.05) is 32.0 Å². The van der Waals surface area contributed by atoms with Gasteiger partial charge in [-0.3, -0.25) is 0 Å². The highest BCUT2D eigenvalue weighted by molar-refractivity contribution is 6.31. The van der Waals surface area contributed by atoms with E-state index in [0.717, 1.165) is 27.4 Å². The van der Waals surface area contributed by atoms with Crippen molar-refractivity contribution in [1.82, 2.24) is 9.97 Å². The summed E-state index contributed by atoms with van der Waals surface area (Å²) < 4.78 is 0. The predicted molar refractivity (Wildman–Crippen MR) is 66.4 cm³/mol. The molecule has 82 valence electrons. The first-order chi connectivity index (χ1) is 7.58. The molecule has 0 aliphatic heterocycles.